The number of rotatable bonds is 6. The Labute approximate surface area is 137 Å². The maximum absolute atomic E-state index is 11.3. The molecule has 122 valence electrons. The number of aryl methyl sites for hydroxylation is 2. The summed E-state index contributed by atoms with van der Waals surface area (Å²) in [6.07, 6.45) is 0.503. The molecule has 1 N–H and O–H groups in total. The van der Waals surface area contributed by atoms with Gasteiger partial charge in [0.15, 0.2) is 0 Å². The number of aliphatic carboxylic acids is 1. The predicted octanol–water partition coefficient (Wildman–Crippen LogP) is 4.54. The highest BCUT2D eigenvalue weighted by molar-refractivity contribution is 5.74. The lowest BCUT2D eigenvalue weighted by atomic mass is 9.85. The van der Waals surface area contributed by atoms with Crippen LogP contribution in [-0.2, 0) is 17.8 Å². The highest BCUT2D eigenvalue weighted by Gasteiger charge is 2.27. The van der Waals surface area contributed by atoms with Gasteiger partial charge in [0, 0.05) is 0 Å². The van der Waals surface area contributed by atoms with Gasteiger partial charge in [-0.3, -0.25) is 4.79 Å². The van der Waals surface area contributed by atoms with E-state index in [9.17, 15) is 9.90 Å². The molecule has 0 aromatic heterocycles. The summed E-state index contributed by atoms with van der Waals surface area (Å²) in [4.78, 5) is 11.3. The van der Waals surface area contributed by atoms with E-state index in [1.165, 1.54) is 0 Å². The van der Waals surface area contributed by atoms with Gasteiger partial charge in [-0.15, -0.1) is 0 Å². The van der Waals surface area contributed by atoms with E-state index >= 15 is 0 Å². The van der Waals surface area contributed by atoms with Gasteiger partial charge in [-0.2, -0.15) is 0 Å². The third-order valence-corrected chi connectivity index (χ3v) is 3.97. The van der Waals surface area contributed by atoms with Crippen LogP contribution in [0.1, 0.15) is 36.1 Å². The molecule has 0 unspecified atom stereocenters. The van der Waals surface area contributed by atoms with Gasteiger partial charge < -0.3 is 9.84 Å². The summed E-state index contributed by atoms with van der Waals surface area (Å²) < 4.78 is 5.97. The second-order valence-electron chi connectivity index (χ2n) is 6.70. The summed E-state index contributed by atoms with van der Waals surface area (Å²) >= 11 is 0. The van der Waals surface area contributed by atoms with Crippen LogP contribution in [0.2, 0.25) is 0 Å². The Morgan fingerprint density at radius 2 is 1.61 bits per heavy atom. The molecule has 0 aliphatic rings. The van der Waals surface area contributed by atoms with Crippen molar-refractivity contribution >= 4 is 5.97 Å². The van der Waals surface area contributed by atoms with E-state index < -0.39 is 11.4 Å². The lowest BCUT2D eigenvalue weighted by molar-refractivity contribution is -0.146. The zero-order chi connectivity index (χ0) is 17.0. The molecular weight excluding hydrogens is 288 g/mol. The van der Waals surface area contributed by atoms with E-state index in [4.69, 9.17) is 4.74 Å². The molecule has 2 aromatic carbocycles. The third-order valence-electron chi connectivity index (χ3n) is 3.97. The molecule has 0 amide bonds. The normalized spacial score (nSPS) is 11.3. The first-order chi connectivity index (χ1) is 10.8. The molecule has 3 heteroatoms. The predicted molar refractivity (Wildman–Crippen MR) is 91.8 cm³/mol. The molecule has 0 saturated heterocycles. The van der Waals surface area contributed by atoms with Gasteiger partial charge in [0.2, 0.25) is 0 Å². The molecule has 0 fully saturated rings. The van der Waals surface area contributed by atoms with Crippen LogP contribution in [0, 0.1) is 19.3 Å². The maximum atomic E-state index is 11.3. The van der Waals surface area contributed by atoms with Crippen molar-refractivity contribution < 1.29 is 14.6 Å². The minimum atomic E-state index is -0.780. The van der Waals surface area contributed by atoms with Crippen molar-refractivity contribution in [2.75, 3.05) is 0 Å². The number of benzene rings is 2. The molecule has 23 heavy (non-hydrogen) atoms. The van der Waals surface area contributed by atoms with E-state index in [1.54, 1.807) is 13.8 Å². The fourth-order valence-corrected chi connectivity index (χ4v) is 2.69. The largest absolute Gasteiger partial charge is 0.488 e. The Balaban J connectivity index is 2.16. The van der Waals surface area contributed by atoms with E-state index in [-0.39, 0.29) is 0 Å². The molecular formula is C20H24O3. The van der Waals surface area contributed by atoms with Gasteiger partial charge in [0.1, 0.15) is 12.4 Å². The number of hydrogen-bond donors (Lipinski definition) is 1. The Bertz CT molecular complexity index is 664. The third kappa shape index (κ3) is 4.35. The molecule has 0 radical (unpaired) electrons. The first-order valence-corrected chi connectivity index (χ1v) is 7.80. The van der Waals surface area contributed by atoms with Crippen LogP contribution in [0.15, 0.2) is 42.5 Å². The Hall–Kier alpha value is -2.29. The quantitative estimate of drug-likeness (QED) is 0.852. The van der Waals surface area contributed by atoms with E-state index in [2.05, 4.69) is 0 Å². The Morgan fingerprint density at radius 1 is 1.04 bits per heavy atom. The average Bonchev–Trinajstić information content (AvgIpc) is 2.46. The van der Waals surface area contributed by atoms with Crippen LogP contribution in [0.5, 0.6) is 5.75 Å². The van der Waals surface area contributed by atoms with E-state index in [0.29, 0.717) is 13.0 Å². The molecule has 0 saturated carbocycles. The summed E-state index contributed by atoms with van der Waals surface area (Å²) in [5.41, 5.74) is 3.46. The summed E-state index contributed by atoms with van der Waals surface area (Å²) in [6.45, 7) is 8.04. The molecule has 2 aromatic rings. The first-order valence-electron chi connectivity index (χ1n) is 7.80. The van der Waals surface area contributed by atoms with Crippen LogP contribution >= 0.6 is 0 Å². The molecule has 0 spiro atoms. The fraction of sp³-hybridized carbons (Fsp3) is 0.350. The molecule has 0 aliphatic carbocycles. The summed E-state index contributed by atoms with van der Waals surface area (Å²) in [6, 6.07) is 14.1. The monoisotopic (exact) mass is 312 g/mol. The second kappa shape index (κ2) is 6.86. The van der Waals surface area contributed by atoms with Crippen molar-refractivity contribution in [2.45, 2.75) is 40.7 Å². The Kier molecular flexibility index (Phi) is 5.09. The lowest BCUT2D eigenvalue weighted by Crippen LogP contribution is -2.26. The Morgan fingerprint density at radius 3 is 2.13 bits per heavy atom. The van der Waals surface area contributed by atoms with Crippen LogP contribution < -0.4 is 4.74 Å². The molecule has 0 aliphatic heterocycles. The van der Waals surface area contributed by atoms with Crippen LogP contribution in [-0.4, -0.2) is 11.1 Å². The number of carboxylic acid groups (broad SMARTS) is 1. The van der Waals surface area contributed by atoms with E-state index in [1.807, 2.05) is 56.3 Å². The minimum Gasteiger partial charge on any atom is -0.488 e. The highest BCUT2D eigenvalue weighted by atomic mass is 16.5. The van der Waals surface area contributed by atoms with Crippen molar-refractivity contribution in [1.29, 1.82) is 0 Å². The van der Waals surface area contributed by atoms with Gasteiger partial charge in [-0.05, 0) is 56.4 Å². The van der Waals surface area contributed by atoms with Gasteiger partial charge in [-0.1, -0.05) is 42.5 Å². The molecule has 3 nitrogen and oxygen atoms in total. The topological polar surface area (TPSA) is 46.5 Å². The standard InChI is InChI=1S/C20H24O3/c1-14-10-17(12-20(3,4)19(21)22)11-15(2)18(14)23-13-16-8-6-5-7-9-16/h5-11H,12-13H2,1-4H3,(H,21,22). The second-order valence-corrected chi connectivity index (χ2v) is 6.70. The number of carbonyl (C=O) groups is 1. The zero-order valence-corrected chi connectivity index (χ0v) is 14.2. The van der Waals surface area contributed by atoms with Crippen LogP contribution in [0.25, 0.3) is 0 Å². The van der Waals surface area contributed by atoms with Crippen molar-refractivity contribution in [3.63, 3.8) is 0 Å². The van der Waals surface area contributed by atoms with Crippen molar-refractivity contribution in [3.05, 3.63) is 64.7 Å². The van der Waals surface area contributed by atoms with Crippen LogP contribution in [0.4, 0.5) is 0 Å². The van der Waals surface area contributed by atoms with Crippen molar-refractivity contribution in [1.82, 2.24) is 0 Å². The average molecular weight is 312 g/mol. The van der Waals surface area contributed by atoms with Crippen LogP contribution in [0.3, 0.4) is 0 Å². The van der Waals surface area contributed by atoms with Gasteiger partial charge >= 0.3 is 5.97 Å². The van der Waals surface area contributed by atoms with Gasteiger partial charge in [0.25, 0.3) is 0 Å². The lowest BCUT2D eigenvalue weighted by Gasteiger charge is -2.21. The first kappa shape index (κ1) is 17.1. The molecule has 2 rings (SSSR count). The summed E-state index contributed by atoms with van der Waals surface area (Å²) in [7, 11) is 0. The minimum absolute atomic E-state index is 0.503. The number of ether oxygens (including phenoxy) is 1. The van der Waals surface area contributed by atoms with Gasteiger partial charge in [-0.25, -0.2) is 0 Å². The van der Waals surface area contributed by atoms with Gasteiger partial charge in [0.05, 0.1) is 5.41 Å². The highest BCUT2D eigenvalue weighted by Crippen LogP contribution is 2.29. The summed E-state index contributed by atoms with van der Waals surface area (Å²) in [5.74, 6) is 0.0999. The zero-order valence-electron chi connectivity index (χ0n) is 14.2. The van der Waals surface area contributed by atoms with Crippen molar-refractivity contribution in [2.24, 2.45) is 5.41 Å². The molecule has 0 atom stereocenters. The maximum Gasteiger partial charge on any atom is 0.309 e. The summed E-state index contributed by atoms with van der Waals surface area (Å²) in [5, 5.41) is 9.28. The molecule has 0 bridgehead atoms. The fourth-order valence-electron chi connectivity index (χ4n) is 2.69. The SMILES string of the molecule is Cc1cc(CC(C)(C)C(=O)O)cc(C)c1OCc1ccccc1. The van der Waals surface area contributed by atoms with Crippen molar-refractivity contribution in [3.8, 4) is 5.75 Å². The molecule has 0 heterocycles. The number of hydrogen-bond acceptors (Lipinski definition) is 2. The smallest absolute Gasteiger partial charge is 0.309 e. The number of carboxylic acids is 1. The van der Waals surface area contributed by atoms with E-state index in [0.717, 1.165) is 28.0 Å².